The zero-order valence-electron chi connectivity index (χ0n) is 13.8. The summed E-state index contributed by atoms with van der Waals surface area (Å²) < 4.78 is 5.97. The molecular weight excluding hydrogens is 278 g/mol. The Labute approximate surface area is 133 Å². The summed E-state index contributed by atoms with van der Waals surface area (Å²) >= 11 is 0. The van der Waals surface area contributed by atoms with E-state index >= 15 is 0 Å². The van der Waals surface area contributed by atoms with Gasteiger partial charge in [-0.1, -0.05) is 6.42 Å². The summed E-state index contributed by atoms with van der Waals surface area (Å²) in [5, 5.41) is 9.80. The molecule has 22 heavy (non-hydrogen) atoms. The van der Waals surface area contributed by atoms with Gasteiger partial charge in [0.15, 0.2) is 0 Å². The van der Waals surface area contributed by atoms with Crippen LogP contribution < -0.4 is 4.74 Å². The normalized spacial score (nSPS) is 16.4. The average molecular weight is 305 g/mol. The third-order valence-electron chi connectivity index (χ3n) is 3.93. The Morgan fingerprint density at radius 3 is 2.36 bits per heavy atom. The van der Waals surface area contributed by atoms with Crippen molar-refractivity contribution in [3.8, 4) is 5.75 Å². The Bertz CT molecular complexity index is 484. The second kappa shape index (κ2) is 7.14. The number of ether oxygens (including phenoxy) is 1. The molecule has 0 bridgehead atoms. The zero-order valence-corrected chi connectivity index (χ0v) is 13.8. The van der Waals surface area contributed by atoms with Crippen LogP contribution in [-0.4, -0.2) is 41.2 Å². The summed E-state index contributed by atoms with van der Waals surface area (Å²) in [4.78, 5) is 13.8. The Kier molecular flexibility index (Phi) is 5.46. The van der Waals surface area contributed by atoms with Crippen molar-refractivity contribution in [3.05, 3.63) is 29.8 Å². The number of carbonyl (C=O) groups is 1. The molecule has 1 aliphatic rings. The Hall–Kier alpha value is -1.55. The molecule has 1 aromatic carbocycles. The summed E-state index contributed by atoms with van der Waals surface area (Å²) in [5.41, 5.74) is -0.281. The number of aliphatic hydroxyl groups is 1. The van der Waals surface area contributed by atoms with Crippen molar-refractivity contribution in [1.82, 2.24) is 4.90 Å². The maximum atomic E-state index is 12.3. The molecule has 1 aliphatic carbocycles. The van der Waals surface area contributed by atoms with Crippen LogP contribution in [0.5, 0.6) is 5.75 Å². The summed E-state index contributed by atoms with van der Waals surface area (Å²) in [6.45, 7) is 3.68. The van der Waals surface area contributed by atoms with Gasteiger partial charge < -0.3 is 14.7 Å². The lowest BCUT2D eigenvalue weighted by Crippen LogP contribution is -2.39. The van der Waals surface area contributed by atoms with Gasteiger partial charge in [0.25, 0.3) is 5.91 Å². The van der Waals surface area contributed by atoms with Gasteiger partial charge in [0.1, 0.15) is 5.75 Å². The predicted octanol–water partition coefficient (Wildman–Crippen LogP) is 3.24. The van der Waals surface area contributed by atoms with Crippen LogP contribution in [0.4, 0.5) is 0 Å². The quantitative estimate of drug-likeness (QED) is 0.908. The molecule has 1 saturated carbocycles. The highest BCUT2D eigenvalue weighted by Crippen LogP contribution is 2.23. The van der Waals surface area contributed by atoms with E-state index in [4.69, 9.17) is 4.74 Å². The number of likely N-dealkylation sites (N-methyl/N-ethyl adjacent to an activating group) is 1. The van der Waals surface area contributed by atoms with Gasteiger partial charge in [0.2, 0.25) is 0 Å². The lowest BCUT2D eigenvalue weighted by molar-refractivity contribution is 0.0368. The van der Waals surface area contributed by atoms with Gasteiger partial charge in [0.05, 0.1) is 11.7 Å². The number of rotatable bonds is 5. The van der Waals surface area contributed by atoms with Crippen LogP contribution in [0.15, 0.2) is 24.3 Å². The summed E-state index contributed by atoms with van der Waals surface area (Å²) in [5.74, 6) is 0.736. The van der Waals surface area contributed by atoms with Crippen LogP contribution in [0.25, 0.3) is 0 Å². The number of benzene rings is 1. The molecule has 0 saturated heterocycles. The number of nitrogens with zero attached hydrogens (tertiary/aromatic N) is 1. The number of hydrogen-bond donors (Lipinski definition) is 1. The van der Waals surface area contributed by atoms with Crippen LogP contribution in [0.1, 0.15) is 56.3 Å². The van der Waals surface area contributed by atoms with Crippen LogP contribution in [0, 0.1) is 0 Å². The first-order valence-corrected chi connectivity index (χ1v) is 8.10. The van der Waals surface area contributed by atoms with Crippen molar-refractivity contribution < 1.29 is 14.6 Å². The molecule has 0 spiro atoms. The van der Waals surface area contributed by atoms with Gasteiger partial charge in [-0.15, -0.1) is 0 Å². The molecule has 0 radical (unpaired) electrons. The highest BCUT2D eigenvalue weighted by molar-refractivity contribution is 5.94. The van der Waals surface area contributed by atoms with E-state index in [2.05, 4.69) is 0 Å². The topological polar surface area (TPSA) is 49.8 Å². The van der Waals surface area contributed by atoms with E-state index in [0.29, 0.717) is 18.2 Å². The largest absolute Gasteiger partial charge is 0.490 e. The molecule has 1 N–H and O–H groups in total. The molecule has 4 nitrogen and oxygen atoms in total. The van der Waals surface area contributed by atoms with Gasteiger partial charge in [-0.3, -0.25) is 4.79 Å². The van der Waals surface area contributed by atoms with Crippen molar-refractivity contribution in [3.63, 3.8) is 0 Å². The number of amides is 1. The van der Waals surface area contributed by atoms with Crippen molar-refractivity contribution >= 4 is 5.91 Å². The predicted molar refractivity (Wildman–Crippen MR) is 87.2 cm³/mol. The Morgan fingerprint density at radius 1 is 1.23 bits per heavy atom. The fourth-order valence-corrected chi connectivity index (χ4v) is 2.92. The molecule has 1 aromatic rings. The molecule has 0 unspecified atom stereocenters. The highest BCUT2D eigenvalue weighted by atomic mass is 16.5. The van der Waals surface area contributed by atoms with E-state index in [1.54, 1.807) is 33.0 Å². The molecule has 1 amide bonds. The summed E-state index contributed by atoms with van der Waals surface area (Å²) in [6.07, 6.45) is 6.34. The maximum absolute atomic E-state index is 12.3. The second-order valence-electron chi connectivity index (χ2n) is 6.88. The Balaban J connectivity index is 1.94. The maximum Gasteiger partial charge on any atom is 0.253 e. The molecule has 122 valence electrons. The van der Waals surface area contributed by atoms with Crippen molar-refractivity contribution in [2.45, 2.75) is 57.7 Å². The molecule has 4 heteroatoms. The van der Waals surface area contributed by atoms with Gasteiger partial charge in [0, 0.05) is 19.2 Å². The third-order valence-corrected chi connectivity index (χ3v) is 3.93. The molecular formula is C18H27NO3. The van der Waals surface area contributed by atoms with E-state index in [9.17, 15) is 9.90 Å². The minimum atomic E-state index is -0.894. The van der Waals surface area contributed by atoms with Crippen LogP contribution >= 0.6 is 0 Å². The third kappa shape index (κ3) is 5.02. The standard InChI is InChI=1S/C18H27NO3/c1-18(2,21)13-19(3)17(20)14-9-11-16(12-10-14)22-15-7-5-4-6-8-15/h9-12,15,21H,4-8,13H2,1-3H3. The van der Waals surface area contributed by atoms with E-state index in [1.165, 1.54) is 24.2 Å². The Morgan fingerprint density at radius 2 is 1.82 bits per heavy atom. The second-order valence-corrected chi connectivity index (χ2v) is 6.88. The van der Waals surface area contributed by atoms with Gasteiger partial charge in [-0.05, 0) is 63.8 Å². The van der Waals surface area contributed by atoms with Crippen LogP contribution in [0.2, 0.25) is 0 Å². The SMILES string of the molecule is CN(CC(C)(C)O)C(=O)c1ccc(OC2CCCCC2)cc1. The molecule has 0 atom stereocenters. The van der Waals surface area contributed by atoms with Crippen molar-refractivity contribution in [2.24, 2.45) is 0 Å². The summed E-state index contributed by atoms with van der Waals surface area (Å²) in [6, 6.07) is 7.31. The molecule has 2 rings (SSSR count). The average Bonchev–Trinajstić information content (AvgIpc) is 2.46. The smallest absolute Gasteiger partial charge is 0.253 e. The lowest BCUT2D eigenvalue weighted by atomic mass is 9.98. The number of hydrogen-bond acceptors (Lipinski definition) is 3. The van der Waals surface area contributed by atoms with E-state index in [1.807, 2.05) is 12.1 Å². The van der Waals surface area contributed by atoms with Gasteiger partial charge >= 0.3 is 0 Å². The van der Waals surface area contributed by atoms with Gasteiger partial charge in [-0.2, -0.15) is 0 Å². The first-order chi connectivity index (χ1) is 10.3. The first-order valence-electron chi connectivity index (χ1n) is 8.10. The van der Waals surface area contributed by atoms with E-state index in [0.717, 1.165) is 18.6 Å². The van der Waals surface area contributed by atoms with Crippen molar-refractivity contribution in [2.75, 3.05) is 13.6 Å². The minimum Gasteiger partial charge on any atom is -0.490 e. The lowest BCUT2D eigenvalue weighted by Gasteiger charge is -2.26. The molecule has 1 fully saturated rings. The fourth-order valence-electron chi connectivity index (χ4n) is 2.92. The first kappa shape index (κ1) is 16.8. The molecule has 0 heterocycles. The fraction of sp³-hybridized carbons (Fsp3) is 0.611. The van der Waals surface area contributed by atoms with Crippen molar-refractivity contribution in [1.29, 1.82) is 0 Å². The van der Waals surface area contributed by atoms with Crippen LogP contribution in [-0.2, 0) is 0 Å². The summed E-state index contributed by atoms with van der Waals surface area (Å²) in [7, 11) is 1.70. The molecule has 0 aliphatic heterocycles. The minimum absolute atomic E-state index is 0.0914. The molecule has 0 aromatic heterocycles. The highest BCUT2D eigenvalue weighted by Gasteiger charge is 2.20. The zero-order chi connectivity index (χ0) is 16.2. The number of carbonyl (C=O) groups excluding carboxylic acids is 1. The van der Waals surface area contributed by atoms with Crippen LogP contribution in [0.3, 0.4) is 0 Å². The monoisotopic (exact) mass is 305 g/mol. The van der Waals surface area contributed by atoms with E-state index < -0.39 is 5.60 Å². The van der Waals surface area contributed by atoms with E-state index in [-0.39, 0.29) is 5.91 Å². The van der Waals surface area contributed by atoms with Gasteiger partial charge in [-0.25, -0.2) is 0 Å².